The standard InChI is InChI=1S/C22H22FN5O/c1-26(19-5-3-2-4-6-19)21(29)17-15-24-22(25-16-17)28-13-11-27(12-14-28)20-9-7-18(23)8-10-20/h2-10,15-16H,11-14H2,1H3. The first-order valence-electron chi connectivity index (χ1n) is 9.52. The van der Waals surface area contributed by atoms with Gasteiger partial charge in [-0.25, -0.2) is 14.4 Å². The summed E-state index contributed by atoms with van der Waals surface area (Å²) in [6, 6.07) is 16.0. The predicted octanol–water partition coefficient (Wildman–Crippen LogP) is 3.22. The Hall–Kier alpha value is -3.48. The van der Waals surface area contributed by atoms with E-state index in [2.05, 4.69) is 19.8 Å². The largest absolute Gasteiger partial charge is 0.368 e. The van der Waals surface area contributed by atoms with Gasteiger partial charge >= 0.3 is 0 Å². The van der Waals surface area contributed by atoms with Gasteiger partial charge in [-0.15, -0.1) is 0 Å². The van der Waals surface area contributed by atoms with E-state index in [-0.39, 0.29) is 11.7 Å². The van der Waals surface area contributed by atoms with Gasteiger partial charge in [0.15, 0.2) is 0 Å². The van der Waals surface area contributed by atoms with Crippen LogP contribution in [0.3, 0.4) is 0 Å². The lowest BCUT2D eigenvalue weighted by Gasteiger charge is -2.36. The molecule has 0 radical (unpaired) electrons. The van der Waals surface area contributed by atoms with E-state index >= 15 is 0 Å². The molecule has 1 saturated heterocycles. The fourth-order valence-electron chi connectivity index (χ4n) is 3.37. The van der Waals surface area contributed by atoms with E-state index < -0.39 is 0 Å². The second kappa shape index (κ2) is 8.26. The minimum Gasteiger partial charge on any atom is -0.368 e. The lowest BCUT2D eigenvalue weighted by atomic mass is 10.2. The number of benzene rings is 2. The average Bonchev–Trinajstić information content (AvgIpc) is 2.79. The summed E-state index contributed by atoms with van der Waals surface area (Å²) in [5, 5.41) is 0. The molecule has 0 N–H and O–H groups in total. The molecule has 29 heavy (non-hydrogen) atoms. The Kier molecular flexibility index (Phi) is 5.37. The maximum atomic E-state index is 13.1. The number of halogens is 1. The van der Waals surface area contributed by atoms with Crippen molar-refractivity contribution in [2.45, 2.75) is 0 Å². The lowest BCUT2D eigenvalue weighted by Crippen LogP contribution is -2.47. The van der Waals surface area contributed by atoms with Crippen molar-refractivity contribution in [3.8, 4) is 0 Å². The van der Waals surface area contributed by atoms with Crippen LogP contribution in [-0.4, -0.2) is 49.1 Å². The number of amides is 1. The topological polar surface area (TPSA) is 52.6 Å². The highest BCUT2D eigenvalue weighted by atomic mass is 19.1. The second-order valence-corrected chi connectivity index (χ2v) is 6.92. The fourth-order valence-corrected chi connectivity index (χ4v) is 3.37. The Labute approximate surface area is 169 Å². The third-order valence-corrected chi connectivity index (χ3v) is 5.09. The number of piperazine rings is 1. The van der Waals surface area contributed by atoms with Crippen LogP contribution in [0.5, 0.6) is 0 Å². The molecule has 0 atom stereocenters. The number of aromatic nitrogens is 2. The number of nitrogens with zero attached hydrogens (tertiary/aromatic N) is 5. The zero-order valence-corrected chi connectivity index (χ0v) is 16.2. The summed E-state index contributed by atoms with van der Waals surface area (Å²) < 4.78 is 13.1. The Morgan fingerprint density at radius 2 is 1.48 bits per heavy atom. The molecule has 1 aliphatic heterocycles. The van der Waals surface area contributed by atoms with Crippen LogP contribution in [0.2, 0.25) is 0 Å². The van der Waals surface area contributed by atoms with Gasteiger partial charge in [-0.05, 0) is 36.4 Å². The molecule has 1 amide bonds. The summed E-state index contributed by atoms with van der Waals surface area (Å²) in [5.74, 6) is 0.236. The summed E-state index contributed by atoms with van der Waals surface area (Å²) in [5.41, 5.74) is 2.28. The van der Waals surface area contributed by atoms with Gasteiger partial charge < -0.3 is 14.7 Å². The Morgan fingerprint density at radius 1 is 0.897 bits per heavy atom. The molecule has 4 rings (SSSR count). The molecule has 0 aliphatic carbocycles. The highest BCUT2D eigenvalue weighted by molar-refractivity contribution is 6.05. The number of hydrogen-bond donors (Lipinski definition) is 0. The maximum Gasteiger partial charge on any atom is 0.261 e. The van der Waals surface area contributed by atoms with E-state index in [1.165, 1.54) is 12.1 Å². The number of carbonyl (C=O) groups excluding carboxylic acids is 1. The zero-order chi connectivity index (χ0) is 20.2. The lowest BCUT2D eigenvalue weighted by molar-refractivity contribution is 0.0992. The molecule has 148 valence electrons. The van der Waals surface area contributed by atoms with Crippen molar-refractivity contribution in [1.29, 1.82) is 0 Å². The molecule has 2 heterocycles. The quantitative estimate of drug-likeness (QED) is 0.684. The average molecular weight is 391 g/mol. The Morgan fingerprint density at radius 3 is 2.10 bits per heavy atom. The van der Waals surface area contributed by atoms with Crippen molar-refractivity contribution in [2.24, 2.45) is 0 Å². The molecule has 7 heteroatoms. The van der Waals surface area contributed by atoms with E-state index in [9.17, 15) is 9.18 Å². The molecule has 3 aromatic rings. The third kappa shape index (κ3) is 4.18. The molecular weight excluding hydrogens is 369 g/mol. The van der Waals surface area contributed by atoms with Gasteiger partial charge in [0.1, 0.15) is 5.82 Å². The van der Waals surface area contributed by atoms with Gasteiger partial charge in [-0.1, -0.05) is 18.2 Å². The van der Waals surface area contributed by atoms with Crippen molar-refractivity contribution in [1.82, 2.24) is 9.97 Å². The molecular formula is C22H22FN5O. The minimum atomic E-state index is -0.228. The Bertz CT molecular complexity index is 955. The molecule has 0 unspecified atom stereocenters. The molecule has 1 fully saturated rings. The van der Waals surface area contributed by atoms with Crippen LogP contribution in [0, 0.1) is 5.82 Å². The predicted molar refractivity (Wildman–Crippen MR) is 112 cm³/mol. The van der Waals surface area contributed by atoms with E-state index in [0.717, 1.165) is 37.6 Å². The first-order chi connectivity index (χ1) is 14.1. The number of rotatable bonds is 4. The molecule has 0 bridgehead atoms. The second-order valence-electron chi connectivity index (χ2n) is 6.92. The number of carbonyl (C=O) groups is 1. The van der Waals surface area contributed by atoms with E-state index in [0.29, 0.717) is 11.5 Å². The zero-order valence-electron chi connectivity index (χ0n) is 16.2. The van der Waals surface area contributed by atoms with Crippen molar-refractivity contribution >= 4 is 23.2 Å². The SMILES string of the molecule is CN(C(=O)c1cnc(N2CCN(c3ccc(F)cc3)CC2)nc1)c1ccccc1. The van der Waals surface area contributed by atoms with E-state index in [1.807, 2.05) is 30.3 Å². The van der Waals surface area contributed by atoms with E-state index in [1.54, 1.807) is 36.5 Å². The summed E-state index contributed by atoms with van der Waals surface area (Å²) in [6.45, 7) is 3.11. The summed E-state index contributed by atoms with van der Waals surface area (Å²) in [6.07, 6.45) is 3.16. The Balaban J connectivity index is 1.38. The van der Waals surface area contributed by atoms with Crippen LogP contribution in [0.4, 0.5) is 21.7 Å². The monoisotopic (exact) mass is 391 g/mol. The molecule has 1 aromatic heterocycles. The van der Waals surface area contributed by atoms with Gasteiger partial charge in [-0.3, -0.25) is 4.79 Å². The fraction of sp³-hybridized carbons (Fsp3) is 0.227. The minimum absolute atomic E-state index is 0.149. The van der Waals surface area contributed by atoms with Crippen LogP contribution in [0.1, 0.15) is 10.4 Å². The maximum absolute atomic E-state index is 13.1. The van der Waals surface area contributed by atoms with Gasteiger partial charge in [0.25, 0.3) is 5.91 Å². The molecule has 1 aliphatic rings. The molecule has 2 aromatic carbocycles. The van der Waals surface area contributed by atoms with Gasteiger partial charge in [0, 0.05) is 57.0 Å². The first kappa shape index (κ1) is 18.9. The van der Waals surface area contributed by atoms with Crippen molar-refractivity contribution in [3.05, 3.63) is 78.4 Å². The molecule has 0 saturated carbocycles. The number of hydrogen-bond acceptors (Lipinski definition) is 5. The number of anilines is 3. The summed E-state index contributed by atoms with van der Waals surface area (Å²) in [4.78, 5) is 27.4. The van der Waals surface area contributed by atoms with Crippen LogP contribution >= 0.6 is 0 Å². The van der Waals surface area contributed by atoms with Gasteiger partial charge in [-0.2, -0.15) is 0 Å². The van der Waals surface area contributed by atoms with Crippen LogP contribution in [0.25, 0.3) is 0 Å². The normalized spacial score (nSPS) is 14.0. The van der Waals surface area contributed by atoms with Gasteiger partial charge in [0.2, 0.25) is 5.95 Å². The van der Waals surface area contributed by atoms with Crippen molar-refractivity contribution in [2.75, 3.05) is 47.9 Å². The van der Waals surface area contributed by atoms with E-state index in [4.69, 9.17) is 0 Å². The number of para-hydroxylation sites is 1. The summed E-state index contributed by atoms with van der Waals surface area (Å²) in [7, 11) is 1.74. The smallest absolute Gasteiger partial charge is 0.261 e. The molecule has 0 spiro atoms. The highest BCUT2D eigenvalue weighted by Gasteiger charge is 2.20. The van der Waals surface area contributed by atoms with Crippen molar-refractivity contribution < 1.29 is 9.18 Å². The summed E-state index contributed by atoms with van der Waals surface area (Å²) >= 11 is 0. The molecule has 6 nitrogen and oxygen atoms in total. The first-order valence-corrected chi connectivity index (χ1v) is 9.52. The van der Waals surface area contributed by atoms with Crippen LogP contribution in [0.15, 0.2) is 67.0 Å². The third-order valence-electron chi connectivity index (χ3n) is 5.09. The van der Waals surface area contributed by atoms with Crippen molar-refractivity contribution in [3.63, 3.8) is 0 Å². The van der Waals surface area contributed by atoms with Crippen LogP contribution < -0.4 is 14.7 Å². The van der Waals surface area contributed by atoms with Crippen LogP contribution in [-0.2, 0) is 0 Å². The van der Waals surface area contributed by atoms with Gasteiger partial charge in [0.05, 0.1) is 5.56 Å². The highest BCUT2D eigenvalue weighted by Crippen LogP contribution is 2.19.